The van der Waals surface area contributed by atoms with E-state index in [4.69, 9.17) is 26.4 Å². The van der Waals surface area contributed by atoms with Crippen LogP contribution < -0.4 is 15.4 Å². The largest absolute Gasteiger partial charge is 0.507 e. The molecule has 2 aromatic rings. The number of methoxy groups -OCH3 is 1. The van der Waals surface area contributed by atoms with Crippen LogP contribution in [0.25, 0.3) is 0 Å². The third-order valence-electron chi connectivity index (χ3n) is 8.89. The van der Waals surface area contributed by atoms with Crippen molar-refractivity contribution in [2.24, 2.45) is 0 Å². The van der Waals surface area contributed by atoms with Gasteiger partial charge in [0.05, 0.1) is 42.0 Å². The SMILES string of the molecule is CCCCNC(=S)NC1CC(OC2CC(O)(C(C)=O)Cc3c(O)c4c(c(O)c32)C(=O)c2c(OC)cccc2C4=O)OC(C)C1O. The minimum absolute atomic E-state index is 0.0178. The predicted molar refractivity (Wildman–Crippen MR) is 165 cm³/mol. The van der Waals surface area contributed by atoms with E-state index >= 15 is 0 Å². The zero-order chi connectivity index (χ0) is 32.8. The summed E-state index contributed by atoms with van der Waals surface area (Å²) in [5.41, 5.74) is -3.09. The number of thiocarbonyl (C=S) groups is 1. The molecule has 242 valence electrons. The van der Waals surface area contributed by atoms with Crippen LogP contribution in [-0.4, -0.2) is 86.7 Å². The molecule has 12 nitrogen and oxygen atoms in total. The molecule has 0 saturated carbocycles. The molecule has 13 heteroatoms. The first-order chi connectivity index (χ1) is 21.3. The summed E-state index contributed by atoms with van der Waals surface area (Å²) in [6.45, 7) is 5.55. The predicted octanol–water partition coefficient (Wildman–Crippen LogP) is 2.33. The summed E-state index contributed by atoms with van der Waals surface area (Å²) < 4.78 is 17.5. The Morgan fingerprint density at radius 3 is 2.53 bits per heavy atom. The van der Waals surface area contributed by atoms with Gasteiger partial charge in [-0.3, -0.25) is 14.4 Å². The van der Waals surface area contributed by atoms with Crippen LogP contribution in [-0.2, 0) is 20.7 Å². The molecule has 0 bridgehead atoms. The van der Waals surface area contributed by atoms with Gasteiger partial charge in [0.25, 0.3) is 0 Å². The zero-order valence-electron chi connectivity index (χ0n) is 25.5. The standard InChI is InChI=1S/C32H38N2O10S/c1-5-6-10-33-31(45)34-18-11-21(43-14(2)26(18)36)44-20-13-32(41,15(3)35)12-17-23(20)30(40)25-24(28(17)38)27(37)16-8-7-9-19(42-4)22(16)29(25)39/h7-9,14,18,20-21,26,36,38,40-41H,5-6,10-13H2,1-4H3,(H2,33,34,45). The molecule has 0 radical (unpaired) electrons. The van der Waals surface area contributed by atoms with E-state index in [9.17, 15) is 34.8 Å². The number of hydrogen-bond donors (Lipinski definition) is 6. The quantitative estimate of drug-likeness (QED) is 0.120. The van der Waals surface area contributed by atoms with Crippen molar-refractivity contribution in [2.45, 2.75) is 89.1 Å². The molecule has 6 atom stereocenters. The first-order valence-corrected chi connectivity index (χ1v) is 15.4. The lowest BCUT2D eigenvalue weighted by Gasteiger charge is -2.43. The highest BCUT2D eigenvalue weighted by Crippen LogP contribution is 2.52. The van der Waals surface area contributed by atoms with E-state index in [0.29, 0.717) is 11.7 Å². The molecule has 3 aliphatic rings. The molecule has 6 unspecified atom stereocenters. The molecule has 5 rings (SSSR count). The summed E-state index contributed by atoms with van der Waals surface area (Å²) in [6, 6.07) is 3.86. The van der Waals surface area contributed by atoms with E-state index in [1.807, 2.05) is 0 Å². The van der Waals surface area contributed by atoms with Crippen molar-refractivity contribution in [3.63, 3.8) is 0 Å². The van der Waals surface area contributed by atoms with Crippen molar-refractivity contribution in [3.05, 3.63) is 51.6 Å². The molecule has 0 aromatic heterocycles. The van der Waals surface area contributed by atoms with Gasteiger partial charge in [-0.25, -0.2) is 0 Å². The second-order valence-electron chi connectivity index (χ2n) is 11.8. The van der Waals surface area contributed by atoms with Crippen molar-refractivity contribution in [2.75, 3.05) is 13.7 Å². The van der Waals surface area contributed by atoms with Crippen molar-refractivity contribution in [1.82, 2.24) is 10.6 Å². The lowest BCUT2D eigenvalue weighted by Crippen LogP contribution is -2.57. The van der Waals surface area contributed by atoms with Gasteiger partial charge in [-0.05, 0) is 38.6 Å². The number of nitrogens with one attached hydrogen (secondary N) is 2. The molecule has 0 spiro atoms. The van der Waals surface area contributed by atoms with Gasteiger partial charge in [-0.15, -0.1) is 0 Å². The number of aliphatic hydroxyl groups is 2. The molecule has 45 heavy (non-hydrogen) atoms. The molecule has 0 amide bonds. The fraction of sp³-hybridized carbons (Fsp3) is 0.500. The van der Waals surface area contributed by atoms with E-state index < -0.39 is 82.6 Å². The fourth-order valence-electron chi connectivity index (χ4n) is 6.37. The number of hydrogen-bond acceptors (Lipinski definition) is 11. The van der Waals surface area contributed by atoms with Crippen LogP contribution in [0.1, 0.15) is 95.5 Å². The summed E-state index contributed by atoms with van der Waals surface area (Å²) in [6.07, 6.45) is -2.75. The van der Waals surface area contributed by atoms with Crippen LogP contribution in [0.15, 0.2) is 18.2 Å². The first-order valence-electron chi connectivity index (χ1n) is 15.0. The molecular formula is C32H38N2O10S. The molecular weight excluding hydrogens is 604 g/mol. The van der Waals surface area contributed by atoms with Crippen LogP contribution in [0, 0.1) is 0 Å². The maximum atomic E-state index is 13.8. The van der Waals surface area contributed by atoms with Gasteiger partial charge < -0.3 is 45.3 Å². The van der Waals surface area contributed by atoms with Crippen LogP contribution in [0.3, 0.4) is 0 Å². The molecule has 1 aliphatic heterocycles. The number of aromatic hydroxyl groups is 2. The third-order valence-corrected chi connectivity index (χ3v) is 9.15. The monoisotopic (exact) mass is 642 g/mol. The topological polar surface area (TPSA) is 184 Å². The molecule has 1 saturated heterocycles. The van der Waals surface area contributed by atoms with E-state index in [1.54, 1.807) is 6.92 Å². The highest BCUT2D eigenvalue weighted by molar-refractivity contribution is 7.80. The molecule has 2 aliphatic carbocycles. The molecule has 1 heterocycles. The lowest BCUT2D eigenvalue weighted by molar-refractivity contribution is -0.248. The van der Waals surface area contributed by atoms with Gasteiger partial charge in [0, 0.05) is 42.5 Å². The zero-order valence-corrected chi connectivity index (χ0v) is 26.3. The van der Waals surface area contributed by atoms with E-state index in [0.717, 1.165) is 12.8 Å². The third kappa shape index (κ3) is 5.79. The summed E-state index contributed by atoms with van der Waals surface area (Å²) in [5.74, 6) is -3.20. The molecule has 1 fully saturated rings. The second-order valence-corrected chi connectivity index (χ2v) is 12.2. The number of ether oxygens (including phenoxy) is 3. The highest BCUT2D eigenvalue weighted by Gasteiger charge is 2.49. The fourth-order valence-corrected chi connectivity index (χ4v) is 6.62. The number of unbranched alkanes of at least 4 members (excludes halogenated alkanes) is 1. The molecule has 6 N–H and O–H groups in total. The summed E-state index contributed by atoms with van der Waals surface area (Å²) in [5, 5.41) is 51.9. The minimum atomic E-state index is -2.03. The van der Waals surface area contributed by atoms with Crippen LogP contribution in [0.5, 0.6) is 17.2 Å². The number of phenols is 2. The van der Waals surface area contributed by atoms with Crippen LogP contribution in [0.2, 0.25) is 0 Å². The summed E-state index contributed by atoms with van der Waals surface area (Å²) in [7, 11) is 1.34. The van der Waals surface area contributed by atoms with Crippen LogP contribution >= 0.6 is 12.2 Å². The van der Waals surface area contributed by atoms with Crippen molar-refractivity contribution in [1.29, 1.82) is 0 Å². The van der Waals surface area contributed by atoms with Gasteiger partial charge in [-0.2, -0.15) is 0 Å². The number of carbonyl (C=O) groups excluding carboxylic acids is 3. The lowest BCUT2D eigenvalue weighted by atomic mass is 9.72. The van der Waals surface area contributed by atoms with Crippen molar-refractivity contribution < 1.29 is 49.0 Å². The maximum absolute atomic E-state index is 13.8. The van der Waals surface area contributed by atoms with Gasteiger partial charge in [0.1, 0.15) is 29.0 Å². The Morgan fingerprint density at radius 2 is 1.87 bits per heavy atom. The Balaban J connectivity index is 1.54. The Morgan fingerprint density at radius 1 is 1.16 bits per heavy atom. The van der Waals surface area contributed by atoms with Crippen LogP contribution in [0.4, 0.5) is 0 Å². The van der Waals surface area contributed by atoms with Crippen molar-refractivity contribution in [3.8, 4) is 17.2 Å². The van der Waals surface area contributed by atoms with Gasteiger partial charge in [0.2, 0.25) is 5.78 Å². The number of ketones is 3. The average Bonchev–Trinajstić information content (AvgIpc) is 2.99. The Kier molecular flexibility index (Phi) is 9.20. The second kappa shape index (κ2) is 12.6. The summed E-state index contributed by atoms with van der Waals surface area (Å²) >= 11 is 5.39. The number of phenolic OH excluding ortho intramolecular Hbond substituents is 2. The van der Waals surface area contributed by atoms with Crippen molar-refractivity contribution >= 4 is 34.7 Å². The average molecular weight is 643 g/mol. The van der Waals surface area contributed by atoms with E-state index in [-0.39, 0.29) is 40.8 Å². The minimum Gasteiger partial charge on any atom is -0.507 e. The number of carbonyl (C=O) groups is 3. The number of fused-ring (bicyclic) bond motifs is 3. The molecule has 2 aromatic carbocycles. The van der Waals surface area contributed by atoms with E-state index in [2.05, 4.69) is 17.6 Å². The normalized spacial score (nSPS) is 27.2. The number of Topliss-reactive ketones (excluding diaryl/α,β-unsaturated/α-hetero) is 1. The Hall–Kier alpha value is -3.62. The number of aliphatic hydroxyl groups excluding tert-OH is 1. The Bertz CT molecular complexity index is 1560. The summed E-state index contributed by atoms with van der Waals surface area (Å²) in [4.78, 5) is 40.2. The number of benzene rings is 2. The highest BCUT2D eigenvalue weighted by atomic mass is 32.1. The Labute approximate surface area is 265 Å². The smallest absolute Gasteiger partial charge is 0.202 e. The van der Waals surface area contributed by atoms with Gasteiger partial charge in [0.15, 0.2) is 23.0 Å². The van der Waals surface area contributed by atoms with Gasteiger partial charge >= 0.3 is 0 Å². The maximum Gasteiger partial charge on any atom is 0.202 e. The van der Waals surface area contributed by atoms with E-state index in [1.165, 1.54) is 32.2 Å². The number of rotatable bonds is 8. The van der Waals surface area contributed by atoms with Gasteiger partial charge in [-0.1, -0.05) is 25.5 Å². The first kappa shape index (κ1) is 32.8.